The number of pyridine rings is 1. The van der Waals surface area contributed by atoms with Gasteiger partial charge in [0.1, 0.15) is 10.2 Å². The largest absolute Gasteiger partial charge is 0.459 e. The summed E-state index contributed by atoms with van der Waals surface area (Å²) in [7, 11) is -3.68. The van der Waals surface area contributed by atoms with E-state index < -0.39 is 24.8 Å². The first-order valence-electron chi connectivity index (χ1n) is 7.84. The SMILES string of the molecule is CCOP(=O)(OCC)C(Cc1cccc(Br)n1)C(=O)OC(C)(C)C. The van der Waals surface area contributed by atoms with E-state index in [0.717, 1.165) is 0 Å². The Morgan fingerprint density at radius 3 is 2.29 bits per heavy atom. The molecular weight excluding hydrogens is 397 g/mol. The smallest absolute Gasteiger partial charge is 0.345 e. The third-order valence-electron chi connectivity index (χ3n) is 2.85. The highest BCUT2D eigenvalue weighted by Crippen LogP contribution is 2.54. The maximum Gasteiger partial charge on any atom is 0.345 e. The predicted octanol–water partition coefficient (Wildman–Crippen LogP) is 4.36. The average molecular weight is 422 g/mol. The first kappa shape index (κ1) is 21.3. The molecule has 0 radical (unpaired) electrons. The fraction of sp³-hybridized carbons (Fsp3) is 0.625. The van der Waals surface area contributed by atoms with Gasteiger partial charge in [0.15, 0.2) is 5.66 Å². The minimum atomic E-state index is -3.68. The van der Waals surface area contributed by atoms with Crippen LogP contribution in [-0.2, 0) is 29.6 Å². The zero-order valence-electron chi connectivity index (χ0n) is 14.7. The van der Waals surface area contributed by atoms with Crippen LogP contribution in [0, 0.1) is 0 Å². The number of hydrogen-bond acceptors (Lipinski definition) is 6. The van der Waals surface area contributed by atoms with Crippen molar-refractivity contribution >= 4 is 29.5 Å². The van der Waals surface area contributed by atoms with Crippen molar-refractivity contribution in [2.24, 2.45) is 0 Å². The number of carbonyl (C=O) groups is 1. The van der Waals surface area contributed by atoms with Crippen LogP contribution in [0.15, 0.2) is 22.8 Å². The monoisotopic (exact) mass is 421 g/mol. The summed E-state index contributed by atoms with van der Waals surface area (Å²) in [6.45, 7) is 9.01. The summed E-state index contributed by atoms with van der Waals surface area (Å²) in [4.78, 5) is 17.0. The molecule has 1 rings (SSSR count). The summed E-state index contributed by atoms with van der Waals surface area (Å²) in [6, 6.07) is 5.33. The van der Waals surface area contributed by atoms with Crippen LogP contribution >= 0.6 is 23.5 Å². The Labute approximate surface area is 151 Å². The third kappa shape index (κ3) is 6.63. The van der Waals surface area contributed by atoms with Gasteiger partial charge < -0.3 is 13.8 Å². The summed E-state index contributed by atoms with van der Waals surface area (Å²) >= 11 is 3.29. The topological polar surface area (TPSA) is 74.7 Å². The summed E-state index contributed by atoms with van der Waals surface area (Å²) in [5.41, 5.74) is -1.18. The zero-order chi connectivity index (χ0) is 18.4. The van der Waals surface area contributed by atoms with Gasteiger partial charge in [-0.2, -0.15) is 0 Å². The lowest BCUT2D eigenvalue weighted by molar-refractivity contribution is -0.154. The van der Waals surface area contributed by atoms with Gasteiger partial charge >= 0.3 is 13.6 Å². The molecule has 0 saturated carbocycles. The average Bonchev–Trinajstić information content (AvgIpc) is 2.43. The van der Waals surface area contributed by atoms with Crippen LogP contribution in [-0.4, -0.2) is 35.4 Å². The maximum atomic E-state index is 13.1. The van der Waals surface area contributed by atoms with E-state index in [2.05, 4.69) is 20.9 Å². The maximum absolute atomic E-state index is 13.1. The van der Waals surface area contributed by atoms with Crippen LogP contribution in [0.2, 0.25) is 0 Å². The molecule has 1 aromatic rings. The number of esters is 1. The van der Waals surface area contributed by atoms with Crippen LogP contribution in [0.25, 0.3) is 0 Å². The Morgan fingerprint density at radius 2 is 1.83 bits per heavy atom. The van der Waals surface area contributed by atoms with Crippen molar-refractivity contribution in [2.75, 3.05) is 13.2 Å². The van der Waals surface area contributed by atoms with Gasteiger partial charge in [0.2, 0.25) is 0 Å². The highest BCUT2D eigenvalue weighted by atomic mass is 79.9. The lowest BCUT2D eigenvalue weighted by Gasteiger charge is -2.28. The molecule has 24 heavy (non-hydrogen) atoms. The second-order valence-electron chi connectivity index (χ2n) is 6.08. The van der Waals surface area contributed by atoms with Crippen molar-refractivity contribution in [3.05, 3.63) is 28.5 Å². The van der Waals surface area contributed by atoms with E-state index in [1.54, 1.807) is 52.8 Å². The van der Waals surface area contributed by atoms with E-state index >= 15 is 0 Å². The van der Waals surface area contributed by atoms with E-state index in [1.165, 1.54) is 0 Å². The van der Waals surface area contributed by atoms with Gasteiger partial charge in [-0.15, -0.1) is 0 Å². The van der Waals surface area contributed by atoms with Crippen molar-refractivity contribution in [3.63, 3.8) is 0 Å². The van der Waals surface area contributed by atoms with Crippen molar-refractivity contribution in [1.29, 1.82) is 0 Å². The molecule has 6 nitrogen and oxygen atoms in total. The molecule has 0 saturated heterocycles. The second kappa shape index (κ2) is 9.09. The molecule has 136 valence electrons. The van der Waals surface area contributed by atoms with Crippen molar-refractivity contribution in [3.8, 4) is 0 Å². The van der Waals surface area contributed by atoms with Gasteiger partial charge in [-0.3, -0.25) is 9.36 Å². The van der Waals surface area contributed by atoms with Crippen molar-refractivity contribution in [1.82, 2.24) is 4.98 Å². The zero-order valence-corrected chi connectivity index (χ0v) is 17.2. The summed E-state index contributed by atoms with van der Waals surface area (Å²) in [5, 5.41) is 0. The second-order valence-corrected chi connectivity index (χ2v) is 9.11. The van der Waals surface area contributed by atoms with E-state index in [1.807, 2.05) is 0 Å². The quantitative estimate of drug-likeness (QED) is 0.352. The first-order chi connectivity index (χ1) is 11.1. The number of ether oxygens (including phenoxy) is 1. The van der Waals surface area contributed by atoms with Crippen molar-refractivity contribution in [2.45, 2.75) is 52.3 Å². The molecule has 1 atom stereocenters. The normalized spacial score (nSPS) is 13.6. The highest BCUT2D eigenvalue weighted by molar-refractivity contribution is 9.10. The standard InChI is InChI=1S/C16H25BrNO5P/c1-6-21-24(20,22-7-2)13(15(19)23-16(3,4)5)11-12-9-8-10-14(17)18-12/h8-10,13H,6-7,11H2,1-5H3. The van der Waals surface area contributed by atoms with E-state index in [0.29, 0.717) is 10.3 Å². The Hall–Kier alpha value is -0.750. The Morgan fingerprint density at radius 1 is 1.25 bits per heavy atom. The molecule has 8 heteroatoms. The number of aromatic nitrogens is 1. The summed E-state index contributed by atoms with van der Waals surface area (Å²) in [6.07, 6.45) is 0.103. The van der Waals surface area contributed by atoms with Gasteiger partial charge in [-0.05, 0) is 62.7 Å². The third-order valence-corrected chi connectivity index (χ3v) is 5.69. The molecule has 1 aromatic heterocycles. The minimum absolute atomic E-state index is 0.103. The molecule has 0 N–H and O–H groups in total. The van der Waals surface area contributed by atoms with E-state index in [-0.39, 0.29) is 19.6 Å². The fourth-order valence-electron chi connectivity index (χ4n) is 2.03. The molecule has 0 aliphatic carbocycles. The molecule has 0 aliphatic heterocycles. The molecule has 0 aliphatic rings. The number of rotatable bonds is 8. The summed E-state index contributed by atoms with van der Waals surface area (Å²) < 4.78 is 29.9. The lowest BCUT2D eigenvalue weighted by Crippen LogP contribution is -2.34. The fourth-order valence-corrected chi connectivity index (χ4v) is 4.29. The molecule has 0 fully saturated rings. The lowest BCUT2D eigenvalue weighted by atomic mass is 10.2. The highest BCUT2D eigenvalue weighted by Gasteiger charge is 2.43. The van der Waals surface area contributed by atoms with E-state index in [4.69, 9.17) is 13.8 Å². The molecule has 0 bridgehead atoms. The molecule has 1 unspecified atom stereocenters. The van der Waals surface area contributed by atoms with Crippen LogP contribution in [0.4, 0.5) is 0 Å². The van der Waals surface area contributed by atoms with Crippen LogP contribution < -0.4 is 0 Å². The minimum Gasteiger partial charge on any atom is -0.459 e. The van der Waals surface area contributed by atoms with Gasteiger partial charge in [-0.1, -0.05) is 6.07 Å². The summed E-state index contributed by atoms with van der Waals surface area (Å²) in [5.74, 6) is -0.616. The number of carbonyl (C=O) groups excluding carboxylic acids is 1. The number of hydrogen-bond donors (Lipinski definition) is 0. The van der Waals surface area contributed by atoms with Crippen molar-refractivity contribution < 1.29 is 23.1 Å². The van der Waals surface area contributed by atoms with E-state index in [9.17, 15) is 9.36 Å². The molecule has 1 heterocycles. The molecule has 0 spiro atoms. The molecular formula is C16H25BrNO5P. The van der Waals surface area contributed by atoms with Gasteiger partial charge in [0.25, 0.3) is 0 Å². The molecule has 0 amide bonds. The number of nitrogens with zero attached hydrogens (tertiary/aromatic N) is 1. The predicted molar refractivity (Wildman–Crippen MR) is 96.1 cm³/mol. The van der Waals surface area contributed by atoms with Crippen LogP contribution in [0.5, 0.6) is 0 Å². The Balaban J connectivity index is 3.18. The van der Waals surface area contributed by atoms with Gasteiger partial charge in [0.05, 0.1) is 13.2 Å². The molecule has 0 aromatic carbocycles. The van der Waals surface area contributed by atoms with Gasteiger partial charge in [-0.25, -0.2) is 4.98 Å². The Kier molecular flexibility index (Phi) is 8.06. The van der Waals surface area contributed by atoms with Gasteiger partial charge in [0, 0.05) is 12.1 Å². The number of halogens is 1. The van der Waals surface area contributed by atoms with Crippen LogP contribution in [0.3, 0.4) is 0 Å². The van der Waals surface area contributed by atoms with Crippen LogP contribution in [0.1, 0.15) is 40.3 Å². The first-order valence-corrected chi connectivity index (χ1v) is 10.2. The Bertz CT molecular complexity index is 592.